The minimum absolute atomic E-state index is 0.146. The maximum absolute atomic E-state index is 12.6. The summed E-state index contributed by atoms with van der Waals surface area (Å²) in [6, 6.07) is 1.97. The molecule has 1 atom stereocenters. The molecule has 1 aromatic rings. The number of hydrogen-bond acceptors (Lipinski definition) is 8. The van der Waals surface area contributed by atoms with Gasteiger partial charge in [-0.1, -0.05) is 6.08 Å². The maximum Gasteiger partial charge on any atom is 0.412 e. The Balaban J connectivity index is 1.49. The molecule has 0 radical (unpaired) electrons. The third-order valence-electron chi connectivity index (χ3n) is 4.74. The van der Waals surface area contributed by atoms with Gasteiger partial charge in [0.05, 0.1) is 32.1 Å². The molecule has 9 heteroatoms. The summed E-state index contributed by atoms with van der Waals surface area (Å²) < 4.78 is 21.8. The Morgan fingerprint density at radius 1 is 1.32 bits per heavy atom. The summed E-state index contributed by atoms with van der Waals surface area (Å²) in [5.74, 6) is 0.814. The van der Waals surface area contributed by atoms with Gasteiger partial charge in [0.1, 0.15) is 11.5 Å². The summed E-state index contributed by atoms with van der Waals surface area (Å²) in [6.07, 6.45) is 3.31. The second-order valence-corrected chi connectivity index (χ2v) is 6.58. The van der Waals surface area contributed by atoms with Crippen LogP contribution in [-0.4, -0.2) is 56.1 Å². The summed E-state index contributed by atoms with van der Waals surface area (Å²) in [5.41, 5.74) is 5.48. The molecule has 0 aromatic heterocycles. The van der Waals surface area contributed by atoms with Crippen LogP contribution in [0.3, 0.4) is 0 Å². The molecular weight excluding hydrogens is 366 g/mol. The number of hydrogen-bond donors (Lipinski definition) is 2. The predicted molar refractivity (Wildman–Crippen MR) is 99.2 cm³/mol. The van der Waals surface area contributed by atoms with Crippen molar-refractivity contribution in [1.29, 1.82) is 0 Å². The highest BCUT2D eigenvalue weighted by molar-refractivity contribution is 5.91. The molecule has 1 amide bonds. The number of fused-ring (bicyclic) bond motifs is 2. The van der Waals surface area contributed by atoms with Crippen LogP contribution in [0.15, 0.2) is 18.3 Å². The third-order valence-corrected chi connectivity index (χ3v) is 4.74. The summed E-state index contributed by atoms with van der Waals surface area (Å²) in [7, 11) is 0. The van der Waals surface area contributed by atoms with E-state index in [1.807, 2.05) is 12.1 Å². The van der Waals surface area contributed by atoms with E-state index >= 15 is 0 Å². The number of hydrazine groups is 1. The first-order valence-corrected chi connectivity index (χ1v) is 9.41. The smallest absolute Gasteiger partial charge is 0.412 e. The number of nitrogens with zero attached hydrogens (tertiary/aromatic N) is 1. The molecule has 9 nitrogen and oxygen atoms in total. The number of rotatable bonds is 6. The average molecular weight is 389 g/mol. The molecule has 2 N–H and O–H groups in total. The molecular formula is C19H23N3O6. The van der Waals surface area contributed by atoms with Crippen LogP contribution in [-0.2, 0) is 27.1 Å². The Bertz CT molecular complexity index is 777. The van der Waals surface area contributed by atoms with Crippen LogP contribution < -0.4 is 20.2 Å². The molecule has 0 saturated carbocycles. The van der Waals surface area contributed by atoms with Crippen LogP contribution in [0.4, 0.5) is 10.5 Å². The van der Waals surface area contributed by atoms with Gasteiger partial charge in [0.25, 0.3) is 0 Å². The highest BCUT2D eigenvalue weighted by atomic mass is 16.6. The summed E-state index contributed by atoms with van der Waals surface area (Å²) >= 11 is 0. The second-order valence-electron chi connectivity index (χ2n) is 6.58. The number of amides is 1. The number of carbonyl (C=O) groups excluding carboxylic acids is 2. The van der Waals surface area contributed by atoms with Gasteiger partial charge < -0.3 is 24.0 Å². The Morgan fingerprint density at radius 3 is 2.96 bits per heavy atom. The average Bonchev–Trinajstić information content (AvgIpc) is 3.42. The Morgan fingerprint density at radius 2 is 2.18 bits per heavy atom. The molecule has 0 saturated heterocycles. The molecule has 1 unspecified atom stereocenters. The van der Waals surface area contributed by atoms with Crippen LogP contribution in [0.5, 0.6) is 11.5 Å². The Labute approximate surface area is 162 Å². The zero-order valence-electron chi connectivity index (χ0n) is 15.7. The van der Waals surface area contributed by atoms with E-state index in [-0.39, 0.29) is 13.2 Å². The lowest BCUT2D eigenvalue weighted by Gasteiger charge is -2.23. The zero-order chi connectivity index (χ0) is 19.5. The van der Waals surface area contributed by atoms with Gasteiger partial charge in [-0.15, -0.1) is 0 Å². The largest absolute Gasteiger partial charge is 0.493 e. The van der Waals surface area contributed by atoms with E-state index in [0.29, 0.717) is 37.6 Å². The van der Waals surface area contributed by atoms with Gasteiger partial charge >= 0.3 is 12.1 Å². The van der Waals surface area contributed by atoms with E-state index < -0.39 is 18.2 Å². The van der Waals surface area contributed by atoms with E-state index in [0.717, 1.165) is 23.3 Å². The highest BCUT2D eigenvalue weighted by Crippen LogP contribution is 2.44. The number of ether oxygens (including phenoxy) is 4. The fourth-order valence-corrected chi connectivity index (χ4v) is 3.48. The monoisotopic (exact) mass is 389 g/mol. The van der Waals surface area contributed by atoms with E-state index in [9.17, 15) is 9.59 Å². The lowest BCUT2D eigenvalue weighted by molar-refractivity contribution is -0.153. The van der Waals surface area contributed by atoms with Gasteiger partial charge in [0.2, 0.25) is 6.10 Å². The van der Waals surface area contributed by atoms with Gasteiger partial charge in [-0.2, -0.15) is 0 Å². The SMILES string of the molecule is CCOC(=O)C(CN1C=CCN1)OC(=O)Nc1c2c(cc3c1OCC3)OCC2. The fourth-order valence-electron chi connectivity index (χ4n) is 3.48. The number of benzene rings is 1. The molecule has 0 fully saturated rings. The van der Waals surface area contributed by atoms with Crippen LogP contribution in [0.1, 0.15) is 18.1 Å². The normalized spacial score (nSPS) is 17.4. The second kappa shape index (κ2) is 7.97. The van der Waals surface area contributed by atoms with Crippen molar-refractivity contribution in [1.82, 2.24) is 10.4 Å². The van der Waals surface area contributed by atoms with E-state index in [1.54, 1.807) is 18.1 Å². The molecule has 1 aromatic carbocycles. The molecule has 0 spiro atoms. The Hall–Kier alpha value is -2.94. The molecule has 4 rings (SSSR count). The summed E-state index contributed by atoms with van der Waals surface area (Å²) in [4.78, 5) is 24.9. The standard InChI is InChI=1S/C19H23N3O6/c1-2-25-18(23)15(11-22-7-3-6-20-22)28-19(24)21-16-13-5-9-26-14(13)10-12-4-8-27-17(12)16/h3,7,10,15,20H,2,4-6,8-9,11H2,1H3,(H,21,24). The summed E-state index contributed by atoms with van der Waals surface area (Å²) in [5, 5.41) is 4.45. The number of anilines is 1. The predicted octanol–water partition coefficient (Wildman–Crippen LogP) is 1.37. The molecule has 150 valence electrons. The first-order valence-electron chi connectivity index (χ1n) is 9.41. The molecule has 3 aliphatic rings. The van der Waals surface area contributed by atoms with Crippen molar-refractivity contribution in [3.05, 3.63) is 29.5 Å². The van der Waals surface area contributed by atoms with Crippen LogP contribution >= 0.6 is 0 Å². The van der Waals surface area contributed by atoms with Gasteiger partial charge in [-0.3, -0.25) is 5.32 Å². The third kappa shape index (κ3) is 3.70. The van der Waals surface area contributed by atoms with Crippen molar-refractivity contribution in [2.75, 3.05) is 38.2 Å². The number of carbonyl (C=O) groups is 2. The number of esters is 1. The van der Waals surface area contributed by atoms with E-state index in [1.165, 1.54) is 0 Å². The van der Waals surface area contributed by atoms with Crippen molar-refractivity contribution >= 4 is 17.7 Å². The topological polar surface area (TPSA) is 98.4 Å². The van der Waals surface area contributed by atoms with Crippen LogP contribution in [0, 0.1) is 0 Å². The molecule has 3 aliphatic heterocycles. The first kappa shape index (κ1) is 18.4. The van der Waals surface area contributed by atoms with Crippen molar-refractivity contribution in [2.24, 2.45) is 0 Å². The molecule has 0 aliphatic carbocycles. The fraction of sp³-hybridized carbons (Fsp3) is 0.474. The van der Waals surface area contributed by atoms with Crippen molar-refractivity contribution in [3.63, 3.8) is 0 Å². The van der Waals surface area contributed by atoms with Gasteiger partial charge in [-0.05, 0) is 13.0 Å². The number of nitrogens with one attached hydrogen (secondary N) is 2. The lowest BCUT2D eigenvalue weighted by atomic mass is 10.0. The molecule has 0 bridgehead atoms. The quantitative estimate of drug-likeness (QED) is 0.704. The zero-order valence-corrected chi connectivity index (χ0v) is 15.7. The van der Waals surface area contributed by atoms with E-state index in [2.05, 4.69) is 10.7 Å². The van der Waals surface area contributed by atoms with Crippen molar-refractivity contribution in [3.8, 4) is 11.5 Å². The molecule has 3 heterocycles. The van der Waals surface area contributed by atoms with Crippen molar-refractivity contribution < 1.29 is 28.5 Å². The van der Waals surface area contributed by atoms with Crippen LogP contribution in [0.2, 0.25) is 0 Å². The first-order chi connectivity index (χ1) is 13.7. The maximum atomic E-state index is 12.6. The van der Waals surface area contributed by atoms with Gasteiger partial charge in [0.15, 0.2) is 0 Å². The van der Waals surface area contributed by atoms with E-state index in [4.69, 9.17) is 18.9 Å². The van der Waals surface area contributed by atoms with Crippen LogP contribution in [0.25, 0.3) is 0 Å². The molecule has 28 heavy (non-hydrogen) atoms. The van der Waals surface area contributed by atoms with Gasteiger partial charge in [-0.25, -0.2) is 15.0 Å². The summed E-state index contributed by atoms with van der Waals surface area (Å²) in [6.45, 7) is 3.82. The minimum atomic E-state index is -1.07. The highest BCUT2D eigenvalue weighted by Gasteiger charge is 2.31. The Kier molecular flexibility index (Phi) is 5.25. The van der Waals surface area contributed by atoms with Crippen molar-refractivity contribution in [2.45, 2.75) is 25.9 Å². The lowest BCUT2D eigenvalue weighted by Crippen LogP contribution is -2.43. The minimum Gasteiger partial charge on any atom is -0.493 e. The van der Waals surface area contributed by atoms with Gasteiger partial charge in [0, 0.05) is 36.7 Å².